The van der Waals surface area contributed by atoms with Crippen LogP contribution < -0.4 is 5.32 Å². The SMILES string of the molecule is Cc1ccc(CNC(C)C)c(-c2cc(F)cc(Cl)c2)c1. The van der Waals surface area contributed by atoms with E-state index in [4.69, 9.17) is 11.6 Å². The summed E-state index contributed by atoms with van der Waals surface area (Å²) >= 11 is 5.96. The minimum Gasteiger partial charge on any atom is -0.310 e. The fraction of sp³-hybridized carbons (Fsp3) is 0.294. The standard InChI is InChI=1S/C17H19ClFN/c1-11(2)20-10-13-5-4-12(3)6-17(13)14-7-15(18)9-16(19)8-14/h4-9,11,20H,10H2,1-3H3. The molecular formula is C17H19ClFN. The molecule has 0 amide bonds. The quantitative estimate of drug-likeness (QED) is 0.840. The molecule has 2 aromatic rings. The van der Waals surface area contributed by atoms with Crippen LogP contribution in [0.5, 0.6) is 0 Å². The third-order valence-corrected chi connectivity index (χ3v) is 3.36. The van der Waals surface area contributed by atoms with E-state index in [9.17, 15) is 4.39 Å². The van der Waals surface area contributed by atoms with E-state index < -0.39 is 0 Å². The van der Waals surface area contributed by atoms with E-state index in [0.29, 0.717) is 11.1 Å². The van der Waals surface area contributed by atoms with Gasteiger partial charge >= 0.3 is 0 Å². The molecule has 1 N–H and O–H groups in total. The number of hydrogen-bond acceptors (Lipinski definition) is 1. The first kappa shape index (κ1) is 15.0. The number of halogens is 2. The molecule has 0 unspecified atom stereocenters. The van der Waals surface area contributed by atoms with E-state index in [-0.39, 0.29) is 5.82 Å². The van der Waals surface area contributed by atoms with Crippen LogP contribution in [-0.4, -0.2) is 6.04 Å². The summed E-state index contributed by atoms with van der Waals surface area (Å²) in [5.74, 6) is -0.309. The fourth-order valence-corrected chi connectivity index (χ4v) is 2.36. The second kappa shape index (κ2) is 6.38. The molecule has 0 bridgehead atoms. The lowest BCUT2D eigenvalue weighted by molar-refractivity contribution is 0.589. The lowest BCUT2D eigenvalue weighted by Gasteiger charge is -2.14. The van der Waals surface area contributed by atoms with Crippen molar-refractivity contribution in [1.29, 1.82) is 0 Å². The predicted octanol–water partition coefficient (Wildman–Crippen LogP) is 4.95. The molecule has 0 aliphatic rings. The van der Waals surface area contributed by atoms with Gasteiger partial charge in [0.2, 0.25) is 0 Å². The fourth-order valence-electron chi connectivity index (χ4n) is 2.14. The Kier molecular flexibility index (Phi) is 4.79. The van der Waals surface area contributed by atoms with Crippen molar-refractivity contribution in [3.63, 3.8) is 0 Å². The zero-order valence-corrected chi connectivity index (χ0v) is 12.8. The van der Waals surface area contributed by atoms with Crippen LogP contribution in [0.25, 0.3) is 11.1 Å². The van der Waals surface area contributed by atoms with E-state index in [0.717, 1.165) is 28.8 Å². The molecular weight excluding hydrogens is 273 g/mol. The predicted molar refractivity (Wildman–Crippen MR) is 83.6 cm³/mol. The highest BCUT2D eigenvalue weighted by molar-refractivity contribution is 6.30. The van der Waals surface area contributed by atoms with Crippen LogP contribution >= 0.6 is 11.6 Å². The molecule has 0 aliphatic carbocycles. The van der Waals surface area contributed by atoms with Gasteiger partial charge in [0, 0.05) is 17.6 Å². The van der Waals surface area contributed by atoms with Crippen molar-refractivity contribution in [1.82, 2.24) is 5.32 Å². The number of hydrogen-bond donors (Lipinski definition) is 1. The molecule has 106 valence electrons. The van der Waals surface area contributed by atoms with Crippen LogP contribution in [0.2, 0.25) is 5.02 Å². The number of aryl methyl sites for hydroxylation is 1. The van der Waals surface area contributed by atoms with E-state index >= 15 is 0 Å². The normalized spacial score (nSPS) is 11.1. The zero-order valence-electron chi connectivity index (χ0n) is 12.0. The van der Waals surface area contributed by atoms with Gasteiger partial charge in [0.05, 0.1) is 0 Å². The van der Waals surface area contributed by atoms with Gasteiger partial charge in [0.25, 0.3) is 0 Å². The summed E-state index contributed by atoms with van der Waals surface area (Å²) in [6, 6.07) is 11.3. The molecule has 1 nitrogen and oxygen atoms in total. The van der Waals surface area contributed by atoms with Crippen LogP contribution in [0.4, 0.5) is 4.39 Å². The number of nitrogens with one attached hydrogen (secondary N) is 1. The molecule has 0 aliphatic heterocycles. The molecule has 2 rings (SSSR count). The summed E-state index contributed by atoms with van der Waals surface area (Å²) in [6.07, 6.45) is 0. The molecule has 3 heteroatoms. The Morgan fingerprint density at radius 1 is 1.15 bits per heavy atom. The first-order valence-electron chi connectivity index (χ1n) is 6.75. The summed E-state index contributed by atoms with van der Waals surface area (Å²) in [5, 5.41) is 3.81. The average Bonchev–Trinajstić information content (AvgIpc) is 2.36. The van der Waals surface area contributed by atoms with Gasteiger partial charge in [-0.1, -0.05) is 49.2 Å². The van der Waals surface area contributed by atoms with E-state index in [1.165, 1.54) is 12.1 Å². The molecule has 0 saturated heterocycles. The first-order valence-corrected chi connectivity index (χ1v) is 7.13. The summed E-state index contributed by atoms with van der Waals surface area (Å²) in [7, 11) is 0. The van der Waals surface area contributed by atoms with Crippen molar-refractivity contribution in [2.24, 2.45) is 0 Å². The van der Waals surface area contributed by atoms with E-state index in [1.807, 2.05) is 6.92 Å². The first-order chi connectivity index (χ1) is 9.45. The van der Waals surface area contributed by atoms with Crippen molar-refractivity contribution >= 4 is 11.6 Å². The van der Waals surface area contributed by atoms with Gasteiger partial charge in [-0.05, 0) is 41.8 Å². The lowest BCUT2D eigenvalue weighted by Crippen LogP contribution is -2.22. The highest BCUT2D eigenvalue weighted by Gasteiger charge is 2.08. The molecule has 0 atom stereocenters. The largest absolute Gasteiger partial charge is 0.310 e. The highest BCUT2D eigenvalue weighted by atomic mass is 35.5. The molecule has 0 fully saturated rings. The molecule has 20 heavy (non-hydrogen) atoms. The minimum atomic E-state index is -0.309. The second-order valence-electron chi connectivity index (χ2n) is 5.35. The smallest absolute Gasteiger partial charge is 0.125 e. The topological polar surface area (TPSA) is 12.0 Å². The van der Waals surface area contributed by atoms with Gasteiger partial charge in [-0.3, -0.25) is 0 Å². The molecule has 0 radical (unpaired) electrons. The van der Waals surface area contributed by atoms with Crippen LogP contribution in [-0.2, 0) is 6.54 Å². The van der Waals surface area contributed by atoms with Crippen molar-refractivity contribution in [2.75, 3.05) is 0 Å². The maximum Gasteiger partial charge on any atom is 0.125 e. The summed E-state index contributed by atoms with van der Waals surface area (Å²) in [6.45, 7) is 6.99. The Balaban J connectivity index is 2.45. The summed E-state index contributed by atoms with van der Waals surface area (Å²) in [4.78, 5) is 0. The Bertz CT molecular complexity index is 588. The Labute approximate surface area is 124 Å². The van der Waals surface area contributed by atoms with Gasteiger partial charge in [0.15, 0.2) is 0 Å². The van der Waals surface area contributed by atoms with Gasteiger partial charge in [-0.25, -0.2) is 4.39 Å². The van der Waals surface area contributed by atoms with Gasteiger partial charge in [-0.2, -0.15) is 0 Å². The average molecular weight is 292 g/mol. The van der Waals surface area contributed by atoms with Gasteiger partial charge < -0.3 is 5.32 Å². The van der Waals surface area contributed by atoms with E-state index in [2.05, 4.69) is 37.4 Å². The number of benzene rings is 2. The van der Waals surface area contributed by atoms with E-state index in [1.54, 1.807) is 6.07 Å². The highest BCUT2D eigenvalue weighted by Crippen LogP contribution is 2.28. The maximum atomic E-state index is 13.6. The van der Waals surface area contributed by atoms with Crippen LogP contribution in [0.3, 0.4) is 0 Å². The van der Waals surface area contributed by atoms with Crippen molar-refractivity contribution in [2.45, 2.75) is 33.4 Å². The second-order valence-corrected chi connectivity index (χ2v) is 5.79. The minimum absolute atomic E-state index is 0.309. The third-order valence-electron chi connectivity index (χ3n) is 3.14. The van der Waals surface area contributed by atoms with Gasteiger partial charge in [0.1, 0.15) is 5.82 Å². The monoisotopic (exact) mass is 291 g/mol. The molecule has 0 aromatic heterocycles. The lowest BCUT2D eigenvalue weighted by atomic mass is 9.97. The Morgan fingerprint density at radius 3 is 2.55 bits per heavy atom. The van der Waals surface area contributed by atoms with Crippen LogP contribution in [0.1, 0.15) is 25.0 Å². The summed E-state index contributed by atoms with van der Waals surface area (Å²) in [5.41, 5.74) is 4.14. The maximum absolute atomic E-state index is 13.6. The Morgan fingerprint density at radius 2 is 1.90 bits per heavy atom. The summed E-state index contributed by atoms with van der Waals surface area (Å²) < 4.78 is 13.6. The van der Waals surface area contributed by atoms with Gasteiger partial charge in [-0.15, -0.1) is 0 Å². The molecule has 2 aromatic carbocycles. The zero-order chi connectivity index (χ0) is 14.7. The molecule has 0 heterocycles. The molecule has 0 spiro atoms. The molecule has 0 saturated carbocycles. The Hall–Kier alpha value is -1.38. The van der Waals surface area contributed by atoms with Crippen molar-refractivity contribution < 1.29 is 4.39 Å². The van der Waals surface area contributed by atoms with Crippen LogP contribution in [0.15, 0.2) is 36.4 Å². The third kappa shape index (κ3) is 3.81. The van der Waals surface area contributed by atoms with Crippen molar-refractivity contribution in [3.05, 3.63) is 58.4 Å². The van der Waals surface area contributed by atoms with Crippen LogP contribution in [0, 0.1) is 12.7 Å². The number of rotatable bonds is 4. The van der Waals surface area contributed by atoms with Crippen molar-refractivity contribution in [3.8, 4) is 11.1 Å².